The number of hydrogen-bond donors (Lipinski definition) is 2. The van der Waals surface area contributed by atoms with Crippen LogP contribution < -0.4 is 0 Å². The number of carboxylic acids is 1. The summed E-state index contributed by atoms with van der Waals surface area (Å²) in [5, 5.41) is 21.4. The second-order valence-corrected chi connectivity index (χ2v) is 14.8. The Kier molecular flexibility index (Phi) is 8.42. The van der Waals surface area contributed by atoms with Crippen LogP contribution in [-0.4, -0.2) is 52.2 Å². The van der Waals surface area contributed by atoms with Crippen LogP contribution in [0.3, 0.4) is 0 Å². The highest BCUT2D eigenvalue weighted by Gasteiger charge is 2.69. The van der Waals surface area contributed by atoms with Gasteiger partial charge in [0.25, 0.3) is 0 Å². The second-order valence-electron chi connectivity index (χ2n) is 14.8. The number of carboxylic acid groups (broad SMARTS) is 1. The van der Waals surface area contributed by atoms with Gasteiger partial charge in [-0.25, -0.2) is 4.79 Å². The number of carbonyl (C=O) groups is 4. The molecule has 4 aliphatic rings. The quantitative estimate of drug-likeness (QED) is 0.218. The minimum absolute atomic E-state index is 0.0221. The van der Waals surface area contributed by atoms with Gasteiger partial charge in [-0.15, -0.1) is 0 Å². The molecule has 0 aromatic rings. The molecule has 0 heterocycles. The molecule has 4 rings (SSSR count). The first-order valence-electron chi connectivity index (χ1n) is 15.5. The molecule has 0 radical (unpaired) electrons. The summed E-state index contributed by atoms with van der Waals surface area (Å²) in [4.78, 5) is 49.1. The van der Waals surface area contributed by atoms with Gasteiger partial charge in [-0.3, -0.25) is 14.4 Å². The minimum atomic E-state index is -1.02. The number of aliphatic hydroxyl groups is 1. The molecule has 0 aromatic carbocycles. The van der Waals surface area contributed by atoms with E-state index in [0.29, 0.717) is 19.3 Å². The van der Waals surface area contributed by atoms with Crippen LogP contribution in [-0.2, 0) is 28.7 Å². The molecular weight excluding hydrogens is 536 g/mol. The molecule has 2 fully saturated rings. The Morgan fingerprint density at radius 2 is 1.64 bits per heavy atom. The number of Topliss-reactive ketones (excluding diaryl/α,β-unsaturated/α-hetero) is 1. The van der Waals surface area contributed by atoms with Crippen LogP contribution in [0.4, 0.5) is 0 Å². The van der Waals surface area contributed by atoms with Gasteiger partial charge < -0.3 is 19.7 Å². The maximum atomic E-state index is 13.0. The summed E-state index contributed by atoms with van der Waals surface area (Å²) >= 11 is 0. The third-order valence-electron chi connectivity index (χ3n) is 12.4. The zero-order valence-electron chi connectivity index (χ0n) is 26.8. The molecule has 0 amide bonds. The molecule has 2 N–H and O–H groups in total. The lowest BCUT2D eigenvalue weighted by Crippen LogP contribution is -2.58. The largest absolute Gasteiger partial charge is 0.478 e. The lowest BCUT2D eigenvalue weighted by molar-refractivity contribution is -0.156. The van der Waals surface area contributed by atoms with Gasteiger partial charge in [-0.2, -0.15) is 0 Å². The summed E-state index contributed by atoms with van der Waals surface area (Å²) in [7, 11) is 0. The number of aliphatic carboxylic acids is 1. The molecule has 0 bridgehead atoms. The summed E-state index contributed by atoms with van der Waals surface area (Å²) in [6.07, 6.45) is 3.94. The standard InChI is InChI=1S/C34H50O8/c1-18(30(39)40)10-11-25(41-20(3)35)19(2)23-16-28(42-21(4)36)34(9)29-22(12-15-33(23,34)8)32(7)14-13-27(38)31(5,6)26(32)17-24(29)37/h10,19,23-26,28,37H,11-17H2,1-9H3,(H,39,40)/t19-,23+,24+,25-,26-,28-,32+,33+,34-/m0/s1. The van der Waals surface area contributed by atoms with Crippen LogP contribution in [0.2, 0.25) is 0 Å². The number of aliphatic hydroxyl groups excluding tert-OH is 1. The van der Waals surface area contributed by atoms with Gasteiger partial charge in [0.1, 0.15) is 18.0 Å². The normalized spacial score (nSPS) is 39.0. The first-order valence-corrected chi connectivity index (χ1v) is 15.5. The van der Waals surface area contributed by atoms with Gasteiger partial charge in [0.15, 0.2) is 0 Å². The summed E-state index contributed by atoms with van der Waals surface area (Å²) in [6.45, 7) is 17.0. The molecule has 0 spiro atoms. The molecular formula is C34H50O8. The number of ketones is 1. The van der Waals surface area contributed by atoms with E-state index in [1.165, 1.54) is 26.3 Å². The predicted molar refractivity (Wildman–Crippen MR) is 157 cm³/mol. The number of rotatable bonds is 7. The maximum absolute atomic E-state index is 13.0. The minimum Gasteiger partial charge on any atom is -0.478 e. The number of allylic oxidation sites excluding steroid dienone is 1. The Morgan fingerprint density at radius 1 is 1.00 bits per heavy atom. The van der Waals surface area contributed by atoms with Crippen molar-refractivity contribution in [2.75, 3.05) is 0 Å². The van der Waals surface area contributed by atoms with Gasteiger partial charge in [0.2, 0.25) is 0 Å². The number of carbonyl (C=O) groups excluding carboxylic acids is 3. The Balaban J connectivity index is 1.83. The van der Waals surface area contributed by atoms with E-state index in [1.54, 1.807) is 6.08 Å². The summed E-state index contributed by atoms with van der Waals surface area (Å²) in [5.41, 5.74) is 0.557. The number of hydrogen-bond acceptors (Lipinski definition) is 7. The van der Waals surface area contributed by atoms with E-state index < -0.39 is 46.5 Å². The van der Waals surface area contributed by atoms with Crippen molar-refractivity contribution in [1.82, 2.24) is 0 Å². The molecule has 8 heteroatoms. The van der Waals surface area contributed by atoms with Crippen molar-refractivity contribution in [2.45, 2.75) is 126 Å². The average molecular weight is 587 g/mol. The first kappa shape index (κ1) is 32.4. The fourth-order valence-electron chi connectivity index (χ4n) is 9.88. The van der Waals surface area contributed by atoms with Crippen LogP contribution in [0, 0.1) is 39.4 Å². The Hall–Kier alpha value is -2.48. The number of fused-ring (bicyclic) bond motifs is 4. The third kappa shape index (κ3) is 4.86. The number of ether oxygens (including phenoxy) is 2. The van der Waals surface area contributed by atoms with E-state index in [-0.39, 0.29) is 46.9 Å². The van der Waals surface area contributed by atoms with Gasteiger partial charge in [0.05, 0.1) is 6.10 Å². The molecule has 234 valence electrons. The first-order chi connectivity index (χ1) is 19.3. The summed E-state index contributed by atoms with van der Waals surface area (Å²) in [6, 6.07) is 0. The van der Waals surface area contributed by atoms with Crippen molar-refractivity contribution >= 4 is 23.7 Å². The van der Waals surface area contributed by atoms with Gasteiger partial charge in [0, 0.05) is 43.1 Å². The number of esters is 2. The fraction of sp³-hybridized carbons (Fsp3) is 0.765. The summed E-state index contributed by atoms with van der Waals surface area (Å²) < 4.78 is 11.9. The Bertz CT molecular complexity index is 1230. The molecule has 9 atom stereocenters. The van der Waals surface area contributed by atoms with Crippen molar-refractivity contribution in [3.8, 4) is 0 Å². The molecule has 4 aliphatic carbocycles. The topological polar surface area (TPSA) is 127 Å². The van der Waals surface area contributed by atoms with E-state index in [1.807, 2.05) is 20.8 Å². The highest BCUT2D eigenvalue weighted by atomic mass is 16.5. The van der Waals surface area contributed by atoms with Crippen LogP contribution in [0.15, 0.2) is 22.8 Å². The molecule has 0 aliphatic heterocycles. The van der Waals surface area contributed by atoms with E-state index in [4.69, 9.17) is 9.47 Å². The van der Waals surface area contributed by atoms with Gasteiger partial charge in [-0.05, 0) is 73.2 Å². The van der Waals surface area contributed by atoms with Gasteiger partial charge >= 0.3 is 17.9 Å². The Morgan fingerprint density at radius 3 is 2.21 bits per heavy atom. The highest BCUT2D eigenvalue weighted by molar-refractivity contribution is 5.86. The van der Waals surface area contributed by atoms with Crippen molar-refractivity contribution in [3.05, 3.63) is 22.8 Å². The van der Waals surface area contributed by atoms with Crippen LogP contribution in [0.25, 0.3) is 0 Å². The van der Waals surface area contributed by atoms with Crippen LogP contribution in [0.5, 0.6) is 0 Å². The lowest BCUT2D eigenvalue weighted by Gasteiger charge is -2.62. The van der Waals surface area contributed by atoms with Crippen molar-refractivity contribution in [1.29, 1.82) is 0 Å². The Labute approximate surface area is 250 Å². The second kappa shape index (κ2) is 10.9. The van der Waals surface area contributed by atoms with E-state index >= 15 is 0 Å². The SMILES string of the molecule is CC(=O)O[C@@H](CC=C(C)C(=O)O)[C@@H](C)[C@H]1C[C@H](OC(C)=O)[C@@]2(C)C3=C(CC[C@]12C)[C@@]1(C)CCC(=O)C(C)(C)[C@@H]1C[C@H]3O. The van der Waals surface area contributed by atoms with Crippen LogP contribution >= 0.6 is 0 Å². The fourth-order valence-corrected chi connectivity index (χ4v) is 9.88. The van der Waals surface area contributed by atoms with E-state index in [9.17, 15) is 29.4 Å². The molecule has 42 heavy (non-hydrogen) atoms. The molecule has 0 unspecified atom stereocenters. The summed E-state index contributed by atoms with van der Waals surface area (Å²) in [5.74, 6) is -1.75. The van der Waals surface area contributed by atoms with Crippen LogP contribution in [0.1, 0.15) is 107 Å². The van der Waals surface area contributed by atoms with Crippen molar-refractivity contribution in [3.63, 3.8) is 0 Å². The molecule has 0 aromatic heterocycles. The third-order valence-corrected chi connectivity index (χ3v) is 12.4. The average Bonchev–Trinajstić information content (AvgIpc) is 3.11. The smallest absolute Gasteiger partial charge is 0.330 e. The van der Waals surface area contributed by atoms with E-state index in [0.717, 1.165) is 24.8 Å². The predicted octanol–water partition coefficient (Wildman–Crippen LogP) is 5.81. The zero-order valence-corrected chi connectivity index (χ0v) is 26.8. The van der Waals surface area contributed by atoms with Crippen molar-refractivity contribution in [2.24, 2.45) is 39.4 Å². The maximum Gasteiger partial charge on any atom is 0.330 e. The molecule has 8 nitrogen and oxygen atoms in total. The van der Waals surface area contributed by atoms with E-state index in [2.05, 4.69) is 20.8 Å². The van der Waals surface area contributed by atoms with Gasteiger partial charge in [-0.1, -0.05) is 53.2 Å². The zero-order chi connectivity index (χ0) is 31.6. The molecule has 0 saturated heterocycles. The lowest BCUT2D eigenvalue weighted by atomic mass is 9.42. The highest BCUT2D eigenvalue weighted by Crippen LogP contribution is 2.72. The van der Waals surface area contributed by atoms with Crippen molar-refractivity contribution < 1.29 is 38.9 Å². The monoisotopic (exact) mass is 586 g/mol. The molecule has 2 saturated carbocycles.